The van der Waals surface area contributed by atoms with Crippen LogP contribution < -0.4 is 0 Å². The summed E-state index contributed by atoms with van der Waals surface area (Å²) in [5.41, 5.74) is 1.57. The molecule has 19 heavy (non-hydrogen) atoms. The average Bonchev–Trinajstić information content (AvgIpc) is 2.99. The Labute approximate surface area is 115 Å². The summed E-state index contributed by atoms with van der Waals surface area (Å²) in [5, 5.41) is 6.08. The average molecular weight is 290 g/mol. The molecule has 1 aromatic carbocycles. The van der Waals surface area contributed by atoms with Gasteiger partial charge < -0.3 is 0 Å². The van der Waals surface area contributed by atoms with Crippen molar-refractivity contribution in [2.75, 3.05) is 0 Å². The molecule has 0 unspecified atom stereocenters. The van der Waals surface area contributed by atoms with Crippen LogP contribution in [-0.4, -0.2) is 19.6 Å². The van der Waals surface area contributed by atoms with E-state index < -0.39 is 0 Å². The van der Waals surface area contributed by atoms with Gasteiger partial charge in [-0.15, -0.1) is 11.3 Å². The second-order valence-corrected chi connectivity index (χ2v) is 6.30. The highest BCUT2D eigenvalue weighted by Gasteiger charge is 2.12. The van der Waals surface area contributed by atoms with Gasteiger partial charge in [0.05, 0.1) is 16.4 Å². The highest BCUT2D eigenvalue weighted by Crippen LogP contribution is 2.30. The molecule has 0 fully saturated rings. The summed E-state index contributed by atoms with van der Waals surface area (Å²) in [4.78, 5) is 9.81. The smallest absolute Gasteiger partial charge is 0.212 e. The predicted molar refractivity (Wildman–Crippen MR) is 74.2 cm³/mol. The molecule has 0 saturated carbocycles. The topological polar surface area (TPSA) is 43.1 Å². The maximum atomic E-state index is 13.2. The number of halogens is 1. The maximum absolute atomic E-state index is 13.2. The molecular weight excluding hydrogens is 283 g/mol. The van der Waals surface area contributed by atoms with Crippen LogP contribution in [0, 0.1) is 12.7 Å². The quantitative estimate of drug-likeness (QED) is 0.539. The van der Waals surface area contributed by atoms with Crippen LogP contribution in [0.1, 0.15) is 5.01 Å². The number of benzene rings is 1. The number of fused-ring (bicyclic) bond motifs is 2. The monoisotopic (exact) mass is 290 g/mol. The van der Waals surface area contributed by atoms with Crippen LogP contribution in [0.5, 0.6) is 0 Å². The summed E-state index contributed by atoms with van der Waals surface area (Å²) in [5.74, 6) is -0.245. The zero-order chi connectivity index (χ0) is 13.0. The van der Waals surface area contributed by atoms with E-state index >= 15 is 0 Å². The van der Waals surface area contributed by atoms with Gasteiger partial charge in [0, 0.05) is 0 Å². The number of aromatic nitrogens is 4. The first kappa shape index (κ1) is 11.0. The number of aryl methyl sites for hydroxylation is 1. The molecular formula is C12H7FN4S2. The van der Waals surface area contributed by atoms with Crippen LogP contribution in [0.15, 0.2) is 24.4 Å². The minimum absolute atomic E-state index is 0.245. The first-order chi connectivity index (χ1) is 9.19. The van der Waals surface area contributed by atoms with Gasteiger partial charge in [0.2, 0.25) is 4.96 Å². The van der Waals surface area contributed by atoms with E-state index in [1.165, 1.54) is 34.8 Å². The molecule has 3 heterocycles. The van der Waals surface area contributed by atoms with Crippen molar-refractivity contribution >= 4 is 37.9 Å². The molecule has 0 aliphatic rings. The van der Waals surface area contributed by atoms with Crippen molar-refractivity contribution in [1.29, 1.82) is 0 Å². The fraction of sp³-hybridized carbons (Fsp3) is 0.0833. The van der Waals surface area contributed by atoms with Crippen molar-refractivity contribution in [1.82, 2.24) is 19.6 Å². The molecule has 0 atom stereocenters. The summed E-state index contributed by atoms with van der Waals surface area (Å²) < 4.78 is 15.7. The van der Waals surface area contributed by atoms with E-state index in [1.807, 2.05) is 13.1 Å². The van der Waals surface area contributed by atoms with Gasteiger partial charge in [-0.2, -0.15) is 5.10 Å². The number of hydrogen-bond acceptors (Lipinski definition) is 5. The first-order valence-electron chi connectivity index (χ1n) is 5.58. The van der Waals surface area contributed by atoms with E-state index in [-0.39, 0.29) is 5.82 Å². The Morgan fingerprint density at radius 1 is 1.21 bits per heavy atom. The van der Waals surface area contributed by atoms with E-state index in [1.54, 1.807) is 10.6 Å². The molecule has 4 aromatic rings. The van der Waals surface area contributed by atoms with Crippen LogP contribution in [0.2, 0.25) is 0 Å². The molecule has 0 aliphatic heterocycles. The number of rotatable bonds is 1. The minimum atomic E-state index is -0.245. The molecule has 0 saturated heterocycles. The molecule has 4 nitrogen and oxygen atoms in total. The van der Waals surface area contributed by atoms with E-state index in [0.717, 1.165) is 30.9 Å². The molecule has 3 aromatic heterocycles. The van der Waals surface area contributed by atoms with Gasteiger partial charge in [0.25, 0.3) is 0 Å². The SMILES string of the molecule is Cc1nn2cc(-c3nc4ccc(F)cc4s3)nc2s1. The molecule has 94 valence electrons. The third-order valence-electron chi connectivity index (χ3n) is 2.71. The Morgan fingerprint density at radius 3 is 2.95 bits per heavy atom. The van der Waals surface area contributed by atoms with Gasteiger partial charge >= 0.3 is 0 Å². The number of imidazole rings is 1. The minimum Gasteiger partial charge on any atom is -0.234 e. The molecule has 0 spiro atoms. The maximum Gasteiger partial charge on any atom is 0.212 e. The highest BCUT2D eigenvalue weighted by atomic mass is 32.1. The van der Waals surface area contributed by atoms with Gasteiger partial charge in [0.1, 0.15) is 21.5 Å². The van der Waals surface area contributed by atoms with E-state index in [0.29, 0.717) is 0 Å². The summed E-state index contributed by atoms with van der Waals surface area (Å²) >= 11 is 2.97. The van der Waals surface area contributed by atoms with Crippen molar-refractivity contribution < 1.29 is 4.39 Å². The Kier molecular flexibility index (Phi) is 2.21. The van der Waals surface area contributed by atoms with E-state index in [9.17, 15) is 4.39 Å². The zero-order valence-corrected chi connectivity index (χ0v) is 11.4. The summed E-state index contributed by atoms with van der Waals surface area (Å²) in [7, 11) is 0. The van der Waals surface area contributed by atoms with Crippen LogP contribution in [0.4, 0.5) is 4.39 Å². The van der Waals surface area contributed by atoms with Gasteiger partial charge in [-0.25, -0.2) is 18.9 Å². The third-order valence-corrected chi connectivity index (χ3v) is 4.59. The van der Waals surface area contributed by atoms with Crippen molar-refractivity contribution in [2.45, 2.75) is 6.92 Å². The number of hydrogen-bond donors (Lipinski definition) is 0. The lowest BCUT2D eigenvalue weighted by Crippen LogP contribution is -1.79. The Balaban J connectivity index is 1.90. The molecule has 0 radical (unpaired) electrons. The Morgan fingerprint density at radius 2 is 2.11 bits per heavy atom. The summed E-state index contributed by atoms with van der Waals surface area (Å²) in [6.45, 7) is 1.94. The largest absolute Gasteiger partial charge is 0.234 e. The lowest BCUT2D eigenvalue weighted by atomic mass is 10.3. The molecule has 0 bridgehead atoms. The standard InChI is InChI=1S/C12H7FN4S2/c1-6-16-17-5-9(15-12(17)18-6)11-14-8-3-2-7(13)4-10(8)19-11/h2-5H,1H3. The van der Waals surface area contributed by atoms with Crippen molar-refractivity contribution in [2.24, 2.45) is 0 Å². The lowest BCUT2D eigenvalue weighted by Gasteiger charge is -1.85. The second kappa shape index (κ2) is 3.82. The summed E-state index contributed by atoms with van der Waals surface area (Å²) in [6, 6.07) is 4.60. The fourth-order valence-corrected chi connectivity index (χ4v) is 3.58. The lowest BCUT2D eigenvalue weighted by molar-refractivity contribution is 0.630. The highest BCUT2D eigenvalue weighted by molar-refractivity contribution is 7.21. The third kappa shape index (κ3) is 1.73. The van der Waals surface area contributed by atoms with Gasteiger partial charge in [-0.1, -0.05) is 11.3 Å². The van der Waals surface area contributed by atoms with Crippen LogP contribution in [-0.2, 0) is 0 Å². The molecule has 4 rings (SSSR count). The normalized spacial score (nSPS) is 11.7. The Hall–Kier alpha value is -1.86. The van der Waals surface area contributed by atoms with Crippen LogP contribution >= 0.6 is 22.7 Å². The van der Waals surface area contributed by atoms with Crippen LogP contribution in [0.25, 0.3) is 25.9 Å². The summed E-state index contributed by atoms with van der Waals surface area (Å²) in [6.07, 6.45) is 1.85. The van der Waals surface area contributed by atoms with Crippen molar-refractivity contribution in [3.05, 3.63) is 35.2 Å². The van der Waals surface area contributed by atoms with Crippen molar-refractivity contribution in [3.8, 4) is 10.7 Å². The number of nitrogens with zero attached hydrogens (tertiary/aromatic N) is 4. The van der Waals surface area contributed by atoms with Gasteiger partial charge in [-0.05, 0) is 25.1 Å². The first-order valence-corrected chi connectivity index (χ1v) is 7.22. The predicted octanol–water partition coefficient (Wildman–Crippen LogP) is 3.52. The molecule has 7 heteroatoms. The van der Waals surface area contributed by atoms with Crippen molar-refractivity contribution in [3.63, 3.8) is 0 Å². The Bertz CT molecular complexity index is 874. The second-order valence-electron chi connectivity index (χ2n) is 4.11. The molecule has 0 amide bonds. The van der Waals surface area contributed by atoms with Crippen LogP contribution in [0.3, 0.4) is 0 Å². The molecule has 0 aliphatic carbocycles. The van der Waals surface area contributed by atoms with Gasteiger partial charge in [0.15, 0.2) is 0 Å². The zero-order valence-electron chi connectivity index (χ0n) is 9.79. The molecule has 0 N–H and O–H groups in total. The van der Waals surface area contributed by atoms with E-state index in [4.69, 9.17) is 0 Å². The van der Waals surface area contributed by atoms with E-state index in [2.05, 4.69) is 15.1 Å². The number of thiazole rings is 1. The fourth-order valence-electron chi connectivity index (χ4n) is 1.91. The van der Waals surface area contributed by atoms with Gasteiger partial charge in [-0.3, -0.25) is 0 Å².